The number of anilines is 1. The number of pyridine rings is 1. The van der Waals surface area contributed by atoms with Crippen LogP contribution in [-0.4, -0.2) is 40.2 Å². The molecule has 0 radical (unpaired) electrons. The zero-order chi connectivity index (χ0) is 17.0. The second-order valence-corrected chi connectivity index (χ2v) is 7.84. The van der Waals surface area contributed by atoms with Crippen molar-refractivity contribution in [3.8, 4) is 0 Å². The average Bonchev–Trinajstić information content (AvgIpc) is 2.87. The Labute approximate surface area is 146 Å². The lowest BCUT2D eigenvalue weighted by molar-refractivity contribution is 0.0218. The number of nitrogens with zero attached hydrogens (tertiary/aromatic N) is 2. The van der Waals surface area contributed by atoms with Gasteiger partial charge in [0.25, 0.3) is 0 Å². The molecule has 0 spiro atoms. The zero-order valence-electron chi connectivity index (χ0n) is 14.3. The summed E-state index contributed by atoms with van der Waals surface area (Å²) in [4.78, 5) is 18.4. The van der Waals surface area contributed by atoms with Gasteiger partial charge < -0.3 is 15.0 Å². The molecule has 2 atom stereocenters. The Morgan fingerprint density at radius 2 is 2.30 bits per heavy atom. The predicted molar refractivity (Wildman–Crippen MR) is 95.6 cm³/mol. The van der Waals surface area contributed by atoms with Gasteiger partial charge in [-0.1, -0.05) is 0 Å². The van der Waals surface area contributed by atoms with Gasteiger partial charge in [-0.05, 0) is 75.0 Å². The summed E-state index contributed by atoms with van der Waals surface area (Å²) < 4.78 is 6.33. The first-order valence-electron chi connectivity index (χ1n) is 8.13. The summed E-state index contributed by atoms with van der Waals surface area (Å²) in [6.07, 6.45) is 4.50. The third-order valence-electron chi connectivity index (χ3n) is 3.79. The number of nitrogens with one attached hydrogen (secondary N) is 1. The Kier molecular flexibility index (Phi) is 5.89. The van der Waals surface area contributed by atoms with E-state index in [1.807, 2.05) is 37.8 Å². The molecule has 128 valence electrons. The molecule has 0 aliphatic carbocycles. The molecule has 2 heterocycles. The van der Waals surface area contributed by atoms with E-state index in [1.54, 1.807) is 6.20 Å². The summed E-state index contributed by atoms with van der Waals surface area (Å²) in [5.74, 6) is 0. The molecule has 1 aromatic rings. The van der Waals surface area contributed by atoms with E-state index in [4.69, 9.17) is 4.74 Å². The fraction of sp³-hybridized carbons (Fsp3) is 0.647. The minimum absolute atomic E-state index is 0.199. The molecule has 1 aliphatic rings. The van der Waals surface area contributed by atoms with Crippen molar-refractivity contribution in [2.45, 2.75) is 64.6 Å². The number of likely N-dealkylation sites (tertiary alicyclic amines) is 1. The Morgan fingerprint density at radius 3 is 2.96 bits per heavy atom. The van der Waals surface area contributed by atoms with E-state index in [-0.39, 0.29) is 18.2 Å². The highest BCUT2D eigenvalue weighted by Crippen LogP contribution is 2.26. The molecule has 0 saturated carbocycles. The fourth-order valence-corrected chi connectivity index (χ4v) is 3.23. The normalized spacial score (nSPS) is 19.5. The Hall–Kier alpha value is -1.30. The van der Waals surface area contributed by atoms with Gasteiger partial charge in [0.15, 0.2) is 0 Å². The van der Waals surface area contributed by atoms with Crippen LogP contribution in [-0.2, 0) is 4.74 Å². The van der Waals surface area contributed by atoms with Crippen LogP contribution in [0.1, 0.15) is 47.0 Å². The molecular formula is C17H26BrN3O2. The molecule has 23 heavy (non-hydrogen) atoms. The molecule has 0 aromatic carbocycles. The van der Waals surface area contributed by atoms with Crippen LogP contribution in [0, 0.1) is 0 Å². The number of rotatable bonds is 4. The smallest absolute Gasteiger partial charge is 0.410 e. The van der Waals surface area contributed by atoms with E-state index in [0.29, 0.717) is 0 Å². The van der Waals surface area contributed by atoms with Gasteiger partial charge in [-0.3, -0.25) is 0 Å². The SMILES string of the molecule is CC(CC1CCCN1C(=O)OC(C)(C)C)Nc1cccnc1Br. The van der Waals surface area contributed by atoms with Gasteiger partial charge in [0.2, 0.25) is 0 Å². The first-order valence-corrected chi connectivity index (χ1v) is 8.92. The van der Waals surface area contributed by atoms with Crippen molar-refractivity contribution in [2.75, 3.05) is 11.9 Å². The number of aromatic nitrogens is 1. The molecule has 1 aliphatic heterocycles. The summed E-state index contributed by atoms with van der Waals surface area (Å²) in [7, 11) is 0. The summed E-state index contributed by atoms with van der Waals surface area (Å²) >= 11 is 3.45. The van der Waals surface area contributed by atoms with E-state index in [1.165, 1.54) is 0 Å². The van der Waals surface area contributed by atoms with Gasteiger partial charge in [0.1, 0.15) is 10.2 Å². The number of hydrogen-bond donors (Lipinski definition) is 1. The van der Waals surface area contributed by atoms with Crippen LogP contribution >= 0.6 is 15.9 Å². The molecule has 1 aromatic heterocycles. The standard InChI is InChI=1S/C17H26BrN3O2/c1-12(20-14-8-5-9-19-15(14)18)11-13-7-6-10-21(13)16(22)23-17(2,3)4/h5,8-9,12-13,20H,6-7,10-11H2,1-4H3. The number of carbonyl (C=O) groups excluding carboxylic acids is 1. The summed E-state index contributed by atoms with van der Waals surface area (Å²) in [6, 6.07) is 4.36. The minimum Gasteiger partial charge on any atom is -0.444 e. The van der Waals surface area contributed by atoms with Gasteiger partial charge in [-0.25, -0.2) is 9.78 Å². The number of halogens is 1. The molecule has 6 heteroatoms. The van der Waals surface area contributed by atoms with Crippen LogP contribution in [0.2, 0.25) is 0 Å². The molecular weight excluding hydrogens is 358 g/mol. The third kappa shape index (κ3) is 5.37. The number of ether oxygens (including phenoxy) is 1. The van der Waals surface area contributed by atoms with Crippen LogP contribution in [0.3, 0.4) is 0 Å². The summed E-state index contributed by atoms with van der Waals surface area (Å²) in [6.45, 7) is 8.62. The maximum atomic E-state index is 12.3. The van der Waals surface area contributed by atoms with E-state index in [2.05, 4.69) is 33.2 Å². The maximum Gasteiger partial charge on any atom is 0.410 e. The van der Waals surface area contributed by atoms with Crippen LogP contribution in [0.5, 0.6) is 0 Å². The molecule has 1 N–H and O–H groups in total. The van der Waals surface area contributed by atoms with Gasteiger partial charge >= 0.3 is 6.09 Å². The van der Waals surface area contributed by atoms with Crippen LogP contribution in [0.25, 0.3) is 0 Å². The number of carbonyl (C=O) groups is 1. The van der Waals surface area contributed by atoms with E-state index >= 15 is 0 Å². The Bertz CT molecular complexity index is 545. The van der Waals surface area contributed by atoms with Crippen molar-refractivity contribution in [1.82, 2.24) is 9.88 Å². The largest absolute Gasteiger partial charge is 0.444 e. The quantitative estimate of drug-likeness (QED) is 0.781. The summed E-state index contributed by atoms with van der Waals surface area (Å²) in [5, 5.41) is 3.46. The fourth-order valence-electron chi connectivity index (χ4n) is 2.87. The Morgan fingerprint density at radius 1 is 1.57 bits per heavy atom. The van der Waals surface area contributed by atoms with Crippen molar-refractivity contribution in [1.29, 1.82) is 0 Å². The van der Waals surface area contributed by atoms with Crippen molar-refractivity contribution in [3.05, 3.63) is 22.9 Å². The second-order valence-electron chi connectivity index (χ2n) is 7.09. The number of amides is 1. The highest BCUT2D eigenvalue weighted by molar-refractivity contribution is 9.10. The third-order valence-corrected chi connectivity index (χ3v) is 4.42. The lowest BCUT2D eigenvalue weighted by Crippen LogP contribution is -2.41. The molecule has 1 amide bonds. The van der Waals surface area contributed by atoms with E-state index in [9.17, 15) is 4.79 Å². The second kappa shape index (κ2) is 7.51. The monoisotopic (exact) mass is 383 g/mol. The number of hydrogen-bond acceptors (Lipinski definition) is 4. The average molecular weight is 384 g/mol. The molecule has 2 rings (SSSR count). The van der Waals surface area contributed by atoms with Crippen LogP contribution in [0.4, 0.5) is 10.5 Å². The van der Waals surface area contributed by atoms with Gasteiger partial charge in [-0.15, -0.1) is 0 Å². The van der Waals surface area contributed by atoms with Crippen molar-refractivity contribution in [2.24, 2.45) is 0 Å². The molecule has 1 fully saturated rings. The van der Waals surface area contributed by atoms with E-state index in [0.717, 1.165) is 36.1 Å². The van der Waals surface area contributed by atoms with E-state index < -0.39 is 5.60 Å². The molecule has 2 unspecified atom stereocenters. The minimum atomic E-state index is -0.450. The van der Waals surface area contributed by atoms with Crippen molar-refractivity contribution in [3.63, 3.8) is 0 Å². The predicted octanol–water partition coefficient (Wildman–Crippen LogP) is 4.43. The zero-order valence-corrected chi connectivity index (χ0v) is 15.9. The lowest BCUT2D eigenvalue weighted by atomic mass is 10.1. The van der Waals surface area contributed by atoms with Crippen molar-refractivity contribution >= 4 is 27.7 Å². The molecule has 1 saturated heterocycles. The first-order chi connectivity index (χ1) is 10.8. The Balaban J connectivity index is 1.93. The van der Waals surface area contributed by atoms with Crippen LogP contribution < -0.4 is 5.32 Å². The highest BCUT2D eigenvalue weighted by Gasteiger charge is 2.32. The maximum absolute atomic E-state index is 12.3. The highest BCUT2D eigenvalue weighted by atomic mass is 79.9. The van der Waals surface area contributed by atoms with Gasteiger partial charge in [-0.2, -0.15) is 0 Å². The van der Waals surface area contributed by atoms with Gasteiger partial charge in [0.05, 0.1) is 5.69 Å². The van der Waals surface area contributed by atoms with Crippen LogP contribution in [0.15, 0.2) is 22.9 Å². The van der Waals surface area contributed by atoms with Gasteiger partial charge in [0, 0.05) is 24.8 Å². The lowest BCUT2D eigenvalue weighted by Gasteiger charge is -2.30. The molecule has 0 bridgehead atoms. The van der Waals surface area contributed by atoms with Crippen molar-refractivity contribution < 1.29 is 9.53 Å². The summed E-state index contributed by atoms with van der Waals surface area (Å²) in [5.41, 5.74) is 0.524. The first kappa shape index (κ1) is 18.0. The molecule has 5 nitrogen and oxygen atoms in total. The topological polar surface area (TPSA) is 54.5 Å².